The molecule has 1 aliphatic carbocycles. The van der Waals surface area contributed by atoms with E-state index >= 15 is 0 Å². The van der Waals surface area contributed by atoms with Gasteiger partial charge in [-0.3, -0.25) is 24.3 Å². The molecule has 3 fully saturated rings. The lowest BCUT2D eigenvalue weighted by Gasteiger charge is -2.39. The topological polar surface area (TPSA) is 154 Å². The lowest BCUT2D eigenvalue weighted by atomic mass is 9.91. The highest BCUT2D eigenvalue weighted by Gasteiger charge is 2.44. The van der Waals surface area contributed by atoms with Crippen LogP contribution in [0.15, 0.2) is 97.7 Å². The Labute approximate surface area is 351 Å². The number of imide groups is 1. The summed E-state index contributed by atoms with van der Waals surface area (Å²) in [6.45, 7) is 5.40. The van der Waals surface area contributed by atoms with Crippen molar-refractivity contribution in [1.29, 1.82) is 0 Å². The number of aromatic nitrogens is 5. The van der Waals surface area contributed by atoms with Gasteiger partial charge in [0.25, 0.3) is 11.8 Å². The molecule has 0 radical (unpaired) electrons. The summed E-state index contributed by atoms with van der Waals surface area (Å²) in [4.78, 5) is 59.9. The average molecular weight is 815 g/mol. The second-order valence-electron chi connectivity index (χ2n) is 15.9. The monoisotopic (exact) mass is 814 g/mol. The number of nitrogens with zero attached hydrogens (tertiary/aromatic N) is 7. The van der Waals surface area contributed by atoms with E-state index in [2.05, 4.69) is 84.5 Å². The number of hydrogen-bond donors (Lipinski definition) is 1. The van der Waals surface area contributed by atoms with Crippen LogP contribution in [0.3, 0.4) is 0 Å². The van der Waals surface area contributed by atoms with E-state index in [4.69, 9.17) is 14.2 Å². The Kier molecular flexibility index (Phi) is 9.88. The van der Waals surface area contributed by atoms with Gasteiger partial charge in [0.1, 0.15) is 30.3 Å². The van der Waals surface area contributed by atoms with E-state index in [9.17, 15) is 14.4 Å². The highest BCUT2D eigenvalue weighted by Crippen LogP contribution is 2.34. The third kappa shape index (κ3) is 7.42. The first-order valence-corrected chi connectivity index (χ1v) is 20.6. The third-order valence-corrected chi connectivity index (χ3v) is 12.0. The maximum absolute atomic E-state index is 13.2. The molecule has 2 saturated heterocycles. The van der Waals surface area contributed by atoms with Gasteiger partial charge in [-0.2, -0.15) is 0 Å². The quantitative estimate of drug-likeness (QED) is 0.135. The van der Waals surface area contributed by atoms with Crippen LogP contribution in [0, 0.1) is 11.8 Å². The number of fused-ring (bicyclic) bond motifs is 4. The minimum atomic E-state index is -0.872. The molecule has 10 rings (SSSR count). The number of aryl methyl sites for hydroxylation is 1. The van der Waals surface area contributed by atoms with Crippen LogP contribution in [0.2, 0.25) is 0 Å². The van der Waals surface area contributed by atoms with Gasteiger partial charge in [0.2, 0.25) is 17.6 Å². The minimum Gasteiger partial charge on any atom is -0.481 e. The normalized spacial score (nSPS) is 20.3. The van der Waals surface area contributed by atoms with Gasteiger partial charge in [0.05, 0.1) is 28.9 Å². The van der Waals surface area contributed by atoms with Crippen LogP contribution in [-0.4, -0.2) is 91.2 Å². The van der Waals surface area contributed by atoms with Crippen molar-refractivity contribution in [2.45, 2.75) is 62.9 Å². The van der Waals surface area contributed by atoms with Gasteiger partial charge in [0.15, 0.2) is 0 Å². The molecular weight excluding hydrogens is 773 g/mol. The number of hydrogen-bond acceptors (Lipinski definition) is 11. The maximum Gasteiger partial charge on any atom is 0.262 e. The van der Waals surface area contributed by atoms with Gasteiger partial charge in [-0.25, -0.2) is 15.0 Å². The average Bonchev–Trinajstić information content (AvgIpc) is 3.69. The zero-order valence-corrected chi connectivity index (χ0v) is 33.5. The fourth-order valence-corrected chi connectivity index (χ4v) is 8.68. The van der Waals surface area contributed by atoms with Gasteiger partial charge in [-0.15, -0.1) is 0 Å². The molecule has 3 aliphatic heterocycles. The van der Waals surface area contributed by atoms with Crippen LogP contribution in [0.4, 0.5) is 5.82 Å². The zero-order valence-electron chi connectivity index (χ0n) is 33.5. The first-order valence-electron chi connectivity index (χ1n) is 20.6. The van der Waals surface area contributed by atoms with Crippen LogP contribution >= 0.6 is 0 Å². The van der Waals surface area contributed by atoms with Gasteiger partial charge in [-0.1, -0.05) is 24.6 Å². The fourth-order valence-electron chi connectivity index (χ4n) is 8.68. The van der Waals surface area contributed by atoms with Crippen LogP contribution in [0.1, 0.15) is 65.1 Å². The summed E-state index contributed by atoms with van der Waals surface area (Å²) < 4.78 is 20.7. The van der Waals surface area contributed by atoms with Crippen molar-refractivity contribution in [1.82, 2.24) is 34.7 Å². The van der Waals surface area contributed by atoms with E-state index in [0.717, 1.165) is 77.0 Å². The van der Waals surface area contributed by atoms with Crippen molar-refractivity contribution in [3.63, 3.8) is 0 Å². The first kappa shape index (κ1) is 38.1. The summed E-state index contributed by atoms with van der Waals surface area (Å²) in [7, 11) is 2.08. The lowest BCUT2D eigenvalue weighted by Crippen LogP contribution is -2.51. The van der Waals surface area contributed by atoms with Crippen molar-refractivity contribution in [2.24, 2.45) is 7.05 Å². The Hall–Kier alpha value is -7.11. The number of piperidine rings is 2. The second-order valence-corrected chi connectivity index (χ2v) is 15.9. The number of carbonyl (C=O) groups excluding carboxylic acids is 3. The Morgan fingerprint density at radius 1 is 0.820 bits per heavy atom. The number of ether oxygens (including phenoxy) is 3. The van der Waals surface area contributed by atoms with E-state index in [1.54, 1.807) is 18.3 Å². The molecule has 3 amide bonds. The van der Waals surface area contributed by atoms with Gasteiger partial charge in [0, 0.05) is 91.4 Å². The van der Waals surface area contributed by atoms with Crippen LogP contribution in [0.5, 0.6) is 11.6 Å². The fraction of sp³-hybridized carbons (Fsp3) is 0.298. The predicted octanol–water partition coefficient (Wildman–Crippen LogP) is 5.99. The predicted molar refractivity (Wildman–Crippen MR) is 227 cm³/mol. The highest BCUT2D eigenvalue weighted by atomic mass is 16.5. The number of nitrogens with one attached hydrogen (secondary N) is 1. The van der Waals surface area contributed by atoms with Crippen molar-refractivity contribution in [2.75, 3.05) is 24.6 Å². The van der Waals surface area contributed by atoms with Gasteiger partial charge < -0.3 is 29.0 Å². The third-order valence-electron chi connectivity index (χ3n) is 12.0. The summed E-state index contributed by atoms with van der Waals surface area (Å²) in [5.41, 5.74) is 5.48. The number of carbonyl (C=O) groups is 3. The Morgan fingerprint density at radius 2 is 1.66 bits per heavy atom. The number of anilines is 1. The molecule has 2 aromatic carbocycles. The summed E-state index contributed by atoms with van der Waals surface area (Å²) in [5, 5.41) is 4.98. The first-order chi connectivity index (χ1) is 29.8. The molecule has 14 nitrogen and oxygen atoms in total. The Bertz CT molecular complexity index is 2800. The molecule has 14 heteroatoms. The molecule has 7 heterocycles. The highest BCUT2D eigenvalue weighted by molar-refractivity contribution is 6.23. The van der Waals surface area contributed by atoms with Crippen LogP contribution < -0.4 is 19.7 Å². The van der Waals surface area contributed by atoms with E-state index in [1.807, 2.05) is 36.8 Å². The lowest BCUT2D eigenvalue weighted by molar-refractivity contribution is -0.125. The Balaban J connectivity index is 0.666. The second kappa shape index (κ2) is 15.8. The van der Waals surface area contributed by atoms with E-state index in [-0.39, 0.29) is 36.0 Å². The maximum atomic E-state index is 13.2. The van der Waals surface area contributed by atoms with Crippen molar-refractivity contribution in [3.8, 4) is 34.6 Å². The molecule has 6 aromatic rings. The molecule has 1 unspecified atom stereocenters. The van der Waals surface area contributed by atoms with E-state index in [0.29, 0.717) is 36.0 Å². The van der Waals surface area contributed by atoms with Gasteiger partial charge >= 0.3 is 0 Å². The number of benzene rings is 2. The molecule has 306 valence electrons. The molecule has 61 heavy (non-hydrogen) atoms. The van der Waals surface area contributed by atoms with Crippen LogP contribution in [-0.2, 0) is 16.6 Å². The standard InChI is InChI=1S/C47H42N8O6/c1-28-5-11-40(45(56)51-28)55-46(57)36-10-8-32(25-37(36)47(55)58)59-21-3-4-42-49-18-14-43(52-42)54-19-15-31(16-20-54)60-33-23-34(24-33)61-44-12-7-30(26-50-44)29-6-9-35-38-27-48-17-13-39(38)53(2)41(35)22-29/h6-10,12-14,17-18,22,25-27,31,33-34,40H,1,5,11,15-16,19-21,23-24H2,2H3,(H,51,56). The molecule has 0 spiro atoms. The molecular formula is C47H42N8O6. The molecule has 1 saturated carbocycles. The number of allylic oxidation sites excluding steroid dienone is 1. The van der Waals surface area contributed by atoms with Crippen molar-refractivity contribution < 1.29 is 28.6 Å². The van der Waals surface area contributed by atoms with Crippen molar-refractivity contribution in [3.05, 3.63) is 115 Å². The largest absolute Gasteiger partial charge is 0.481 e. The number of pyridine rings is 2. The summed E-state index contributed by atoms with van der Waals surface area (Å²) in [6.07, 6.45) is 12.1. The molecule has 1 N–H and O–H groups in total. The van der Waals surface area contributed by atoms with E-state index < -0.39 is 23.8 Å². The molecule has 1 atom stereocenters. The Morgan fingerprint density at radius 3 is 2.48 bits per heavy atom. The smallest absolute Gasteiger partial charge is 0.262 e. The summed E-state index contributed by atoms with van der Waals surface area (Å²) in [5.74, 6) is 6.69. The number of rotatable bonds is 9. The minimum absolute atomic E-state index is 0.0204. The molecule has 4 aliphatic rings. The van der Waals surface area contributed by atoms with Crippen molar-refractivity contribution >= 4 is 45.3 Å². The van der Waals surface area contributed by atoms with Gasteiger partial charge in [-0.05, 0) is 79.6 Å². The SMILES string of the molecule is C=C1CCC(N2C(=O)c3ccc(OCC#Cc4nccc(N5CCC(OC6CC(Oc7ccc(-c8ccc9c%10cnccc%10n(C)c9c8)cn7)C6)CC5)n4)cc3C2=O)C(=O)N1. The zero-order chi connectivity index (χ0) is 41.6. The van der Waals surface area contributed by atoms with Crippen LogP contribution in [0.25, 0.3) is 32.9 Å². The molecule has 0 bridgehead atoms. The number of amides is 3. The summed E-state index contributed by atoms with van der Waals surface area (Å²) in [6, 6.07) is 18.2. The summed E-state index contributed by atoms with van der Waals surface area (Å²) >= 11 is 0. The molecule has 4 aromatic heterocycles. The van der Waals surface area contributed by atoms with E-state index in [1.165, 1.54) is 11.5 Å².